The van der Waals surface area contributed by atoms with Gasteiger partial charge in [-0.1, -0.05) is 23.2 Å². The van der Waals surface area contributed by atoms with Crippen LogP contribution in [0.1, 0.15) is 5.69 Å². The molecule has 0 spiro atoms. The van der Waals surface area contributed by atoms with E-state index in [1.54, 1.807) is 18.3 Å². The van der Waals surface area contributed by atoms with E-state index in [1.807, 2.05) is 16.7 Å². The van der Waals surface area contributed by atoms with Gasteiger partial charge in [0.2, 0.25) is 0 Å². The van der Waals surface area contributed by atoms with Crippen molar-refractivity contribution in [3.63, 3.8) is 0 Å². The lowest BCUT2D eigenvalue weighted by Gasteiger charge is -2.04. The molecule has 0 aliphatic heterocycles. The van der Waals surface area contributed by atoms with Crippen LogP contribution in [0.3, 0.4) is 0 Å². The van der Waals surface area contributed by atoms with Crippen molar-refractivity contribution in [2.24, 2.45) is 0 Å². The molecule has 0 amide bonds. The minimum atomic E-state index is -0.446. The molecule has 1 aromatic carbocycles. The van der Waals surface area contributed by atoms with Crippen molar-refractivity contribution in [2.45, 2.75) is 6.54 Å². The summed E-state index contributed by atoms with van der Waals surface area (Å²) in [4.78, 5) is 4.43. The number of halogens is 3. The third-order valence-corrected chi connectivity index (χ3v) is 3.39. The molecule has 0 aliphatic rings. The van der Waals surface area contributed by atoms with Gasteiger partial charge in [0, 0.05) is 18.1 Å². The van der Waals surface area contributed by atoms with Crippen LogP contribution in [0.5, 0.6) is 0 Å². The van der Waals surface area contributed by atoms with Crippen molar-refractivity contribution in [3.05, 3.63) is 64.3 Å². The number of nitrogens with one attached hydrogen (secondary N) is 1. The van der Waals surface area contributed by atoms with Gasteiger partial charge in [-0.05, 0) is 30.3 Å². The molecule has 2 aromatic heterocycles. The summed E-state index contributed by atoms with van der Waals surface area (Å²) in [6.45, 7) is 0.486. The number of imidazole rings is 1. The molecule has 20 heavy (non-hydrogen) atoms. The van der Waals surface area contributed by atoms with Crippen LogP contribution in [0.25, 0.3) is 5.65 Å². The minimum Gasteiger partial charge on any atom is -0.379 e. The van der Waals surface area contributed by atoms with E-state index in [4.69, 9.17) is 23.2 Å². The van der Waals surface area contributed by atoms with Crippen LogP contribution < -0.4 is 5.32 Å². The fourth-order valence-corrected chi connectivity index (χ4v) is 2.19. The highest BCUT2D eigenvalue weighted by atomic mass is 35.5. The van der Waals surface area contributed by atoms with Gasteiger partial charge >= 0.3 is 0 Å². The van der Waals surface area contributed by atoms with E-state index >= 15 is 0 Å². The number of hydrogen-bond donors (Lipinski definition) is 1. The predicted octanol–water partition coefficient (Wildman–Crippen LogP) is 4.39. The van der Waals surface area contributed by atoms with Crippen molar-refractivity contribution in [1.29, 1.82) is 0 Å². The van der Waals surface area contributed by atoms with Gasteiger partial charge in [0.1, 0.15) is 11.5 Å². The topological polar surface area (TPSA) is 29.3 Å². The van der Waals surface area contributed by atoms with E-state index in [0.717, 1.165) is 11.3 Å². The molecule has 0 aliphatic carbocycles. The Morgan fingerprint density at radius 2 is 2.00 bits per heavy atom. The zero-order valence-corrected chi connectivity index (χ0v) is 11.8. The third kappa shape index (κ3) is 2.71. The average molecular weight is 310 g/mol. The maximum Gasteiger partial charge on any atom is 0.143 e. The number of aromatic nitrogens is 2. The summed E-state index contributed by atoms with van der Waals surface area (Å²) in [7, 11) is 0. The molecule has 102 valence electrons. The van der Waals surface area contributed by atoms with Crippen LogP contribution in [-0.4, -0.2) is 9.38 Å². The number of anilines is 1. The van der Waals surface area contributed by atoms with Crippen molar-refractivity contribution >= 4 is 34.5 Å². The molecule has 0 bridgehead atoms. The second-order valence-corrected chi connectivity index (χ2v) is 5.17. The van der Waals surface area contributed by atoms with Crippen LogP contribution in [0, 0.1) is 5.82 Å². The third-order valence-electron chi connectivity index (χ3n) is 2.86. The molecule has 0 radical (unpaired) electrons. The Kier molecular flexibility index (Phi) is 3.51. The molecule has 1 N–H and O–H groups in total. The van der Waals surface area contributed by atoms with E-state index in [1.165, 1.54) is 12.1 Å². The van der Waals surface area contributed by atoms with Gasteiger partial charge in [-0.25, -0.2) is 9.37 Å². The summed E-state index contributed by atoms with van der Waals surface area (Å²) in [5.41, 5.74) is 2.30. The zero-order valence-electron chi connectivity index (χ0n) is 10.3. The first-order valence-corrected chi connectivity index (χ1v) is 6.69. The van der Waals surface area contributed by atoms with Crippen LogP contribution in [0.2, 0.25) is 10.0 Å². The Labute approximate surface area is 125 Å². The van der Waals surface area contributed by atoms with Gasteiger partial charge in [-0.3, -0.25) is 0 Å². The van der Waals surface area contributed by atoms with Crippen LogP contribution in [-0.2, 0) is 6.54 Å². The summed E-state index contributed by atoms with van der Waals surface area (Å²) in [5, 5.41) is 3.85. The molecule has 0 saturated heterocycles. The Morgan fingerprint density at radius 1 is 1.15 bits per heavy atom. The highest BCUT2D eigenvalue weighted by Crippen LogP contribution is 2.19. The van der Waals surface area contributed by atoms with Gasteiger partial charge in [0.05, 0.1) is 22.3 Å². The van der Waals surface area contributed by atoms with Gasteiger partial charge < -0.3 is 9.72 Å². The molecule has 3 rings (SSSR count). The fraction of sp³-hybridized carbons (Fsp3) is 0.0714. The molecule has 0 saturated carbocycles. The van der Waals surface area contributed by atoms with Crippen LogP contribution >= 0.6 is 23.2 Å². The largest absolute Gasteiger partial charge is 0.379 e. The average Bonchev–Trinajstić information content (AvgIpc) is 2.82. The normalized spacial score (nSPS) is 10.9. The number of pyridine rings is 1. The maximum atomic E-state index is 13.3. The second kappa shape index (κ2) is 5.31. The number of rotatable bonds is 3. The molecule has 0 unspecified atom stereocenters. The van der Waals surface area contributed by atoms with Gasteiger partial charge in [-0.2, -0.15) is 0 Å². The number of fused-ring (bicyclic) bond motifs is 1. The summed E-state index contributed by atoms with van der Waals surface area (Å²) in [6, 6.07) is 8.22. The molecule has 0 fully saturated rings. The van der Waals surface area contributed by atoms with Crippen molar-refractivity contribution in [1.82, 2.24) is 9.38 Å². The Hall–Kier alpha value is -1.78. The molecular weight excluding hydrogens is 300 g/mol. The summed E-state index contributed by atoms with van der Waals surface area (Å²) in [6.07, 6.45) is 3.66. The molecule has 6 heteroatoms. The molecule has 2 heterocycles. The highest BCUT2D eigenvalue weighted by molar-refractivity contribution is 6.31. The van der Waals surface area contributed by atoms with Gasteiger partial charge in [0.25, 0.3) is 0 Å². The lowest BCUT2D eigenvalue weighted by Crippen LogP contribution is -1.99. The Bertz CT molecular complexity index is 770. The number of hydrogen-bond acceptors (Lipinski definition) is 2. The van der Waals surface area contributed by atoms with Crippen molar-refractivity contribution in [3.8, 4) is 0 Å². The monoisotopic (exact) mass is 309 g/mol. The number of nitrogens with zero attached hydrogens (tertiary/aromatic N) is 2. The van der Waals surface area contributed by atoms with Crippen LogP contribution in [0.15, 0.2) is 42.7 Å². The van der Waals surface area contributed by atoms with Gasteiger partial charge in [-0.15, -0.1) is 0 Å². The van der Waals surface area contributed by atoms with Crippen LogP contribution in [0.4, 0.5) is 10.1 Å². The smallest absolute Gasteiger partial charge is 0.143 e. The van der Waals surface area contributed by atoms with Crippen molar-refractivity contribution < 1.29 is 4.39 Å². The second-order valence-electron chi connectivity index (χ2n) is 4.33. The molecule has 3 nitrogen and oxygen atoms in total. The van der Waals surface area contributed by atoms with E-state index in [-0.39, 0.29) is 5.02 Å². The quantitative estimate of drug-likeness (QED) is 0.777. The molecule has 0 atom stereocenters. The lowest BCUT2D eigenvalue weighted by atomic mass is 10.3. The maximum absolute atomic E-state index is 13.3. The minimum absolute atomic E-state index is 0.109. The Balaban J connectivity index is 1.77. The molecule has 3 aromatic rings. The first kappa shape index (κ1) is 13.2. The molecular formula is C14H10Cl2FN3. The standard InChI is InChI=1S/C14H10Cl2FN3/c15-9-1-4-14-19-11(8-20(14)7-9)6-18-10-2-3-12(16)13(17)5-10/h1-5,7-8,18H,6H2. The lowest BCUT2D eigenvalue weighted by molar-refractivity contribution is 0.628. The summed E-state index contributed by atoms with van der Waals surface area (Å²) < 4.78 is 15.2. The van der Waals surface area contributed by atoms with E-state index in [0.29, 0.717) is 17.3 Å². The highest BCUT2D eigenvalue weighted by Gasteiger charge is 2.04. The van der Waals surface area contributed by atoms with Crippen molar-refractivity contribution in [2.75, 3.05) is 5.32 Å². The SMILES string of the molecule is Fc1cc(NCc2cn3cc(Cl)ccc3n2)ccc1Cl. The van der Waals surface area contributed by atoms with E-state index in [9.17, 15) is 4.39 Å². The number of benzene rings is 1. The van der Waals surface area contributed by atoms with Gasteiger partial charge in [0.15, 0.2) is 0 Å². The summed E-state index contributed by atoms with van der Waals surface area (Å²) in [5.74, 6) is -0.446. The zero-order chi connectivity index (χ0) is 14.1. The summed E-state index contributed by atoms with van der Waals surface area (Å²) >= 11 is 11.5. The Morgan fingerprint density at radius 3 is 2.80 bits per heavy atom. The first-order valence-electron chi connectivity index (χ1n) is 5.94. The van der Waals surface area contributed by atoms with E-state index < -0.39 is 5.82 Å². The fourth-order valence-electron chi connectivity index (χ4n) is 1.90. The van der Waals surface area contributed by atoms with E-state index in [2.05, 4.69) is 10.3 Å². The predicted molar refractivity (Wildman–Crippen MR) is 78.9 cm³/mol. The first-order chi connectivity index (χ1) is 9.61.